The Bertz CT molecular complexity index is 898. The summed E-state index contributed by atoms with van der Waals surface area (Å²) in [6.07, 6.45) is 3.00. The summed E-state index contributed by atoms with van der Waals surface area (Å²) in [4.78, 5) is 16.8. The number of nitrogens with zero attached hydrogens (tertiary/aromatic N) is 2. The first-order valence-electron chi connectivity index (χ1n) is 7.39. The van der Waals surface area contributed by atoms with Gasteiger partial charge in [0.05, 0.1) is 5.02 Å². The molecule has 7 heteroatoms. The van der Waals surface area contributed by atoms with Crippen molar-refractivity contribution >= 4 is 45.1 Å². The van der Waals surface area contributed by atoms with E-state index in [0.29, 0.717) is 10.8 Å². The molecule has 0 spiro atoms. The largest absolute Gasteiger partial charge is 0.452 e. The maximum Gasteiger partial charge on any atom is 0.331 e. The van der Waals surface area contributed by atoms with Gasteiger partial charge < -0.3 is 9.26 Å². The highest BCUT2D eigenvalue weighted by molar-refractivity contribution is 7.20. The number of rotatable bonds is 5. The van der Waals surface area contributed by atoms with Crippen LogP contribution in [0.5, 0.6) is 0 Å². The van der Waals surface area contributed by atoms with Gasteiger partial charge >= 0.3 is 5.97 Å². The van der Waals surface area contributed by atoms with Crippen LogP contribution in [0.1, 0.15) is 36.4 Å². The monoisotopic (exact) mass is 362 g/mol. The maximum absolute atomic E-state index is 11.8. The molecular weight excluding hydrogens is 348 g/mol. The molecule has 0 unspecified atom stereocenters. The molecule has 24 heavy (non-hydrogen) atoms. The number of halogens is 1. The number of hydrogen-bond acceptors (Lipinski definition) is 6. The average Bonchev–Trinajstić information content (AvgIpc) is 3.17. The molecule has 0 fully saturated rings. The first-order valence-corrected chi connectivity index (χ1v) is 8.58. The number of fused-ring (bicyclic) bond motifs is 1. The number of aromatic nitrogens is 2. The first-order chi connectivity index (χ1) is 11.5. The highest BCUT2D eigenvalue weighted by Crippen LogP contribution is 2.35. The third kappa shape index (κ3) is 3.66. The molecule has 0 saturated heterocycles. The summed E-state index contributed by atoms with van der Waals surface area (Å²) in [6, 6.07) is 7.82. The smallest absolute Gasteiger partial charge is 0.331 e. The van der Waals surface area contributed by atoms with Gasteiger partial charge in [-0.15, -0.1) is 11.3 Å². The van der Waals surface area contributed by atoms with Crippen LogP contribution in [0, 0.1) is 0 Å². The molecule has 0 amide bonds. The van der Waals surface area contributed by atoms with Crippen LogP contribution in [0.25, 0.3) is 16.2 Å². The normalized spacial score (nSPS) is 11.7. The molecule has 3 rings (SSSR count). The van der Waals surface area contributed by atoms with Gasteiger partial charge in [0, 0.05) is 27.0 Å². The number of esters is 1. The molecule has 0 radical (unpaired) electrons. The zero-order valence-electron chi connectivity index (χ0n) is 13.2. The van der Waals surface area contributed by atoms with Crippen LogP contribution in [-0.2, 0) is 16.1 Å². The van der Waals surface area contributed by atoms with Crippen molar-refractivity contribution in [2.45, 2.75) is 26.4 Å². The van der Waals surface area contributed by atoms with E-state index >= 15 is 0 Å². The van der Waals surface area contributed by atoms with Crippen LogP contribution in [0.4, 0.5) is 0 Å². The quantitative estimate of drug-likeness (QED) is 0.481. The molecule has 0 N–H and O–H groups in total. The number of thiophene rings is 1. The van der Waals surface area contributed by atoms with Gasteiger partial charge in [-0.2, -0.15) is 4.98 Å². The fraction of sp³-hybridized carbons (Fsp3) is 0.235. The second kappa shape index (κ2) is 7.15. The van der Waals surface area contributed by atoms with Gasteiger partial charge in [-0.05, 0) is 12.1 Å². The molecule has 3 aromatic rings. The summed E-state index contributed by atoms with van der Waals surface area (Å²) in [5, 5.41) is 5.43. The van der Waals surface area contributed by atoms with Crippen molar-refractivity contribution < 1.29 is 14.1 Å². The predicted octanol–water partition coefficient (Wildman–Crippen LogP) is 4.82. The topological polar surface area (TPSA) is 65.2 Å². The van der Waals surface area contributed by atoms with Crippen molar-refractivity contribution in [2.75, 3.05) is 0 Å². The number of benzene rings is 1. The van der Waals surface area contributed by atoms with Gasteiger partial charge in [-0.3, -0.25) is 0 Å². The third-order valence-electron chi connectivity index (χ3n) is 3.27. The Balaban J connectivity index is 1.63. The lowest BCUT2D eigenvalue weighted by Gasteiger charge is -1.96. The van der Waals surface area contributed by atoms with Crippen molar-refractivity contribution in [1.29, 1.82) is 0 Å². The Kier molecular flexibility index (Phi) is 4.97. The van der Waals surface area contributed by atoms with Crippen LogP contribution in [0.3, 0.4) is 0 Å². The lowest BCUT2D eigenvalue weighted by molar-refractivity contribution is -0.139. The van der Waals surface area contributed by atoms with Gasteiger partial charge in [0.15, 0.2) is 12.4 Å². The van der Waals surface area contributed by atoms with Crippen LogP contribution in [0.2, 0.25) is 5.02 Å². The van der Waals surface area contributed by atoms with E-state index in [4.69, 9.17) is 20.9 Å². The van der Waals surface area contributed by atoms with Crippen LogP contribution < -0.4 is 0 Å². The highest BCUT2D eigenvalue weighted by atomic mass is 35.5. The van der Waals surface area contributed by atoms with Gasteiger partial charge in [0.25, 0.3) is 5.89 Å². The fourth-order valence-electron chi connectivity index (χ4n) is 2.03. The van der Waals surface area contributed by atoms with E-state index in [9.17, 15) is 4.79 Å². The molecule has 0 aliphatic carbocycles. The molecular formula is C17H15ClN2O3S. The molecule has 2 heterocycles. The Labute approximate surface area is 147 Å². The predicted molar refractivity (Wildman–Crippen MR) is 94.1 cm³/mol. The molecule has 2 aromatic heterocycles. The molecule has 0 aliphatic heterocycles. The van der Waals surface area contributed by atoms with Crippen LogP contribution in [0.15, 0.2) is 34.9 Å². The number of ether oxygens (including phenoxy) is 1. The highest BCUT2D eigenvalue weighted by Gasteiger charge is 2.11. The average molecular weight is 363 g/mol. The van der Waals surface area contributed by atoms with E-state index in [-0.39, 0.29) is 18.4 Å². The Hall–Kier alpha value is -2.18. The van der Waals surface area contributed by atoms with Crippen molar-refractivity contribution in [2.24, 2.45) is 0 Å². The summed E-state index contributed by atoms with van der Waals surface area (Å²) in [6.45, 7) is 3.86. The Morgan fingerprint density at radius 1 is 1.42 bits per heavy atom. The minimum absolute atomic E-state index is 0.0525. The van der Waals surface area contributed by atoms with E-state index in [1.54, 1.807) is 6.08 Å². The lowest BCUT2D eigenvalue weighted by Crippen LogP contribution is -2.01. The van der Waals surface area contributed by atoms with Gasteiger partial charge in [-0.1, -0.05) is 48.8 Å². The van der Waals surface area contributed by atoms with Gasteiger partial charge in [-0.25, -0.2) is 4.79 Å². The molecule has 124 valence electrons. The summed E-state index contributed by atoms with van der Waals surface area (Å²) < 4.78 is 11.2. The molecule has 0 atom stereocenters. The minimum Gasteiger partial charge on any atom is -0.452 e. The Morgan fingerprint density at radius 3 is 2.92 bits per heavy atom. The van der Waals surface area contributed by atoms with Gasteiger partial charge in [0.2, 0.25) is 0 Å². The first kappa shape index (κ1) is 16.7. The number of carbonyl (C=O) groups is 1. The minimum atomic E-state index is -0.493. The van der Waals surface area contributed by atoms with Gasteiger partial charge in [0.1, 0.15) is 0 Å². The zero-order valence-corrected chi connectivity index (χ0v) is 14.7. The molecule has 0 aliphatic rings. The van der Waals surface area contributed by atoms with Crippen LogP contribution in [-0.4, -0.2) is 16.1 Å². The van der Waals surface area contributed by atoms with E-state index in [1.165, 1.54) is 17.4 Å². The third-order valence-corrected chi connectivity index (χ3v) is 4.92. The van der Waals surface area contributed by atoms with Crippen molar-refractivity contribution in [1.82, 2.24) is 10.1 Å². The van der Waals surface area contributed by atoms with Crippen LogP contribution >= 0.6 is 22.9 Å². The molecule has 5 nitrogen and oxygen atoms in total. The number of hydrogen-bond donors (Lipinski definition) is 0. The van der Waals surface area contributed by atoms with E-state index in [2.05, 4.69) is 10.1 Å². The van der Waals surface area contributed by atoms with Crippen molar-refractivity contribution in [3.05, 3.63) is 52.0 Å². The summed E-state index contributed by atoms with van der Waals surface area (Å²) in [7, 11) is 0. The summed E-state index contributed by atoms with van der Waals surface area (Å²) in [5.74, 6) is 0.537. The summed E-state index contributed by atoms with van der Waals surface area (Å²) in [5.41, 5.74) is 0. The molecule has 1 aromatic carbocycles. The Morgan fingerprint density at radius 2 is 2.21 bits per heavy atom. The fourth-order valence-corrected chi connectivity index (χ4v) is 3.42. The second-order valence-corrected chi connectivity index (χ2v) is 6.88. The van der Waals surface area contributed by atoms with E-state index in [1.807, 2.05) is 38.1 Å². The maximum atomic E-state index is 11.8. The van der Waals surface area contributed by atoms with Crippen molar-refractivity contribution in [3.63, 3.8) is 0 Å². The van der Waals surface area contributed by atoms with E-state index in [0.717, 1.165) is 15.0 Å². The summed E-state index contributed by atoms with van der Waals surface area (Å²) >= 11 is 7.84. The molecule has 0 saturated carbocycles. The molecule has 0 bridgehead atoms. The lowest BCUT2D eigenvalue weighted by atomic mass is 10.2. The SMILES string of the molecule is CC(C)c1noc(COC(=O)/C=C/c2sc3ccccc3c2Cl)n1. The second-order valence-electron chi connectivity index (χ2n) is 5.42. The van der Waals surface area contributed by atoms with Crippen molar-refractivity contribution in [3.8, 4) is 0 Å². The van der Waals surface area contributed by atoms with E-state index < -0.39 is 5.97 Å². The number of carbonyl (C=O) groups excluding carboxylic acids is 1. The standard InChI is InChI=1S/C17H15ClN2O3S/c1-10(2)17-19-14(23-20-17)9-22-15(21)8-7-13-16(18)11-5-3-4-6-12(11)24-13/h3-8,10H,9H2,1-2H3/b8-7+. The zero-order chi connectivity index (χ0) is 17.1.